The molecule has 6 heteroatoms. The van der Waals surface area contributed by atoms with Crippen LogP contribution in [0.25, 0.3) is 0 Å². The van der Waals surface area contributed by atoms with Crippen molar-refractivity contribution in [1.82, 2.24) is 4.31 Å². The fourth-order valence-corrected chi connectivity index (χ4v) is 3.52. The first-order chi connectivity index (χ1) is 8.65. The van der Waals surface area contributed by atoms with Gasteiger partial charge in [-0.25, -0.2) is 8.51 Å². The Kier molecular flexibility index (Phi) is 4.36. The van der Waals surface area contributed by atoms with Gasteiger partial charge in [-0.3, -0.25) is 0 Å². The molecule has 0 aromatic heterocycles. The van der Waals surface area contributed by atoms with Crippen molar-refractivity contribution in [2.24, 2.45) is 5.92 Å². The Labute approximate surface area is 113 Å². The zero-order valence-electron chi connectivity index (χ0n) is 9.67. The third-order valence-corrected chi connectivity index (χ3v) is 4.76. The van der Waals surface area contributed by atoms with Crippen molar-refractivity contribution >= 4 is 22.6 Å². The van der Waals surface area contributed by atoms with E-state index >= 15 is 0 Å². The van der Waals surface area contributed by atoms with Crippen LogP contribution in [-0.2, 0) is 11.0 Å². The van der Waals surface area contributed by atoms with Crippen LogP contribution in [0.4, 0.5) is 0 Å². The predicted octanol–water partition coefficient (Wildman–Crippen LogP) is 1.55. The summed E-state index contributed by atoms with van der Waals surface area (Å²) in [6.45, 7) is 1.38. The van der Waals surface area contributed by atoms with Gasteiger partial charge in [0.05, 0.1) is 10.5 Å². The van der Waals surface area contributed by atoms with E-state index < -0.39 is 11.0 Å². The molecule has 0 bridgehead atoms. The molecule has 0 spiro atoms. The Hall–Kier alpha value is -0.930. The molecule has 0 saturated carbocycles. The third-order valence-electron chi connectivity index (χ3n) is 2.99. The minimum absolute atomic E-state index is 0.111. The fourth-order valence-electron chi connectivity index (χ4n) is 1.98. The van der Waals surface area contributed by atoms with Crippen LogP contribution in [0.5, 0.6) is 0 Å². The second-order valence-electron chi connectivity index (χ2n) is 4.23. The number of halogens is 1. The molecule has 18 heavy (non-hydrogen) atoms. The van der Waals surface area contributed by atoms with E-state index in [-0.39, 0.29) is 12.5 Å². The number of hydrogen-bond acceptors (Lipinski definition) is 3. The van der Waals surface area contributed by atoms with Crippen molar-refractivity contribution in [3.8, 4) is 6.07 Å². The lowest BCUT2D eigenvalue weighted by Gasteiger charge is -2.15. The van der Waals surface area contributed by atoms with Crippen molar-refractivity contribution in [2.75, 3.05) is 19.7 Å². The third kappa shape index (κ3) is 2.73. The van der Waals surface area contributed by atoms with E-state index in [9.17, 15) is 4.21 Å². The molecule has 1 aromatic carbocycles. The smallest absolute Gasteiger partial charge is 0.128 e. The van der Waals surface area contributed by atoms with Gasteiger partial charge >= 0.3 is 0 Å². The second-order valence-corrected chi connectivity index (χ2v) is 6.12. The maximum absolute atomic E-state index is 12.4. The Balaban J connectivity index is 2.22. The topological polar surface area (TPSA) is 64.3 Å². The van der Waals surface area contributed by atoms with Gasteiger partial charge < -0.3 is 5.11 Å². The number of rotatable bonds is 3. The molecule has 0 aliphatic carbocycles. The quantitative estimate of drug-likeness (QED) is 0.916. The fraction of sp³-hybridized carbons (Fsp3) is 0.417. The van der Waals surface area contributed by atoms with E-state index in [2.05, 4.69) is 0 Å². The summed E-state index contributed by atoms with van der Waals surface area (Å²) in [6.07, 6.45) is 0.831. The van der Waals surface area contributed by atoms with Gasteiger partial charge in [0.1, 0.15) is 17.1 Å². The highest BCUT2D eigenvalue weighted by Crippen LogP contribution is 2.24. The summed E-state index contributed by atoms with van der Waals surface area (Å²) in [5, 5.41) is 18.6. The maximum Gasteiger partial charge on any atom is 0.128 e. The molecule has 96 valence electrons. The lowest BCUT2D eigenvalue weighted by atomic mass is 10.1. The number of hydrogen-bond donors (Lipinski definition) is 1. The van der Waals surface area contributed by atoms with Crippen LogP contribution >= 0.6 is 11.6 Å². The largest absolute Gasteiger partial charge is 0.396 e. The molecular formula is C12H13ClN2O2S. The van der Waals surface area contributed by atoms with Crippen LogP contribution in [0.15, 0.2) is 23.1 Å². The molecule has 2 unspecified atom stereocenters. The molecule has 2 rings (SSSR count). The Morgan fingerprint density at radius 3 is 3.00 bits per heavy atom. The van der Waals surface area contributed by atoms with Gasteiger partial charge in [-0.2, -0.15) is 5.26 Å². The average molecular weight is 285 g/mol. The highest BCUT2D eigenvalue weighted by atomic mass is 35.5. The van der Waals surface area contributed by atoms with Crippen LogP contribution in [0.2, 0.25) is 5.02 Å². The molecule has 4 nitrogen and oxygen atoms in total. The molecular weight excluding hydrogens is 272 g/mol. The molecule has 1 heterocycles. The summed E-state index contributed by atoms with van der Waals surface area (Å²) >= 11 is 5.81. The van der Waals surface area contributed by atoms with E-state index in [1.165, 1.54) is 6.07 Å². The summed E-state index contributed by atoms with van der Waals surface area (Å²) in [5.74, 6) is 0.173. The van der Waals surface area contributed by atoms with Crippen molar-refractivity contribution in [3.63, 3.8) is 0 Å². The SMILES string of the molecule is N#Cc1cc(Cl)ccc1S(=O)N1CCC(CO)C1. The molecule has 0 radical (unpaired) electrons. The van der Waals surface area contributed by atoms with Gasteiger partial charge in [-0.15, -0.1) is 0 Å². The standard InChI is InChI=1S/C12H13ClN2O2S/c13-11-1-2-12(10(5-11)6-14)18(17)15-4-3-9(7-15)8-16/h1-2,5,9,16H,3-4,7-8H2. The van der Waals surface area contributed by atoms with Gasteiger partial charge in [0.2, 0.25) is 0 Å². The number of nitriles is 1. The molecule has 2 atom stereocenters. The normalized spacial score (nSPS) is 21.7. The van der Waals surface area contributed by atoms with Crippen LogP contribution in [0.1, 0.15) is 12.0 Å². The Morgan fingerprint density at radius 1 is 1.61 bits per heavy atom. The van der Waals surface area contributed by atoms with Gasteiger partial charge in [0, 0.05) is 24.7 Å². The number of nitrogens with zero attached hydrogens (tertiary/aromatic N) is 2. The first-order valence-electron chi connectivity index (χ1n) is 5.63. The maximum atomic E-state index is 12.4. The minimum Gasteiger partial charge on any atom is -0.396 e. The van der Waals surface area contributed by atoms with Crippen LogP contribution < -0.4 is 0 Å². The summed E-state index contributed by atoms with van der Waals surface area (Å²) < 4.78 is 14.1. The van der Waals surface area contributed by atoms with Gasteiger partial charge in [0.25, 0.3) is 0 Å². The highest BCUT2D eigenvalue weighted by Gasteiger charge is 2.27. The molecule has 1 saturated heterocycles. The molecule has 1 aliphatic heterocycles. The number of benzene rings is 1. The lowest BCUT2D eigenvalue weighted by Crippen LogP contribution is -2.24. The monoisotopic (exact) mass is 284 g/mol. The first kappa shape index (κ1) is 13.5. The molecule has 1 aliphatic rings. The Morgan fingerprint density at radius 2 is 2.39 bits per heavy atom. The van der Waals surface area contributed by atoms with Gasteiger partial charge in [-0.05, 0) is 30.5 Å². The zero-order valence-corrected chi connectivity index (χ0v) is 11.2. The number of aliphatic hydroxyl groups is 1. The second kappa shape index (κ2) is 5.81. The summed E-state index contributed by atoms with van der Waals surface area (Å²) in [7, 11) is -1.36. The molecule has 1 N–H and O–H groups in total. The number of aliphatic hydroxyl groups excluding tert-OH is 1. The van der Waals surface area contributed by atoms with Crippen LogP contribution in [0, 0.1) is 17.2 Å². The van der Waals surface area contributed by atoms with E-state index in [0.29, 0.717) is 28.6 Å². The Bertz CT molecular complexity index is 515. The van der Waals surface area contributed by atoms with Crippen LogP contribution in [0.3, 0.4) is 0 Å². The van der Waals surface area contributed by atoms with Crippen molar-refractivity contribution in [1.29, 1.82) is 5.26 Å². The lowest BCUT2D eigenvalue weighted by molar-refractivity contribution is 0.233. The van der Waals surface area contributed by atoms with E-state index in [4.69, 9.17) is 22.0 Å². The predicted molar refractivity (Wildman–Crippen MR) is 69.3 cm³/mol. The summed E-state index contributed by atoms with van der Waals surface area (Å²) in [5.41, 5.74) is 0.341. The average Bonchev–Trinajstić information content (AvgIpc) is 2.86. The highest BCUT2D eigenvalue weighted by molar-refractivity contribution is 7.82. The van der Waals surface area contributed by atoms with Crippen LogP contribution in [-0.4, -0.2) is 33.3 Å². The summed E-state index contributed by atoms with van der Waals surface area (Å²) in [6, 6.07) is 6.80. The van der Waals surface area contributed by atoms with Crippen molar-refractivity contribution in [3.05, 3.63) is 28.8 Å². The van der Waals surface area contributed by atoms with E-state index in [0.717, 1.165) is 6.42 Å². The van der Waals surface area contributed by atoms with E-state index in [1.807, 2.05) is 6.07 Å². The molecule has 0 amide bonds. The zero-order chi connectivity index (χ0) is 13.1. The van der Waals surface area contributed by atoms with E-state index in [1.54, 1.807) is 16.4 Å². The molecule has 1 fully saturated rings. The van der Waals surface area contributed by atoms with Gasteiger partial charge in [0.15, 0.2) is 0 Å². The van der Waals surface area contributed by atoms with Crippen molar-refractivity contribution < 1.29 is 9.32 Å². The first-order valence-corrected chi connectivity index (χ1v) is 7.11. The van der Waals surface area contributed by atoms with Crippen molar-refractivity contribution in [2.45, 2.75) is 11.3 Å². The van der Waals surface area contributed by atoms with Gasteiger partial charge in [-0.1, -0.05) is 11.6 Å². The summed E-state index contributed by atoms with van der Waals surface area (Å²) in [4.78, 5) is 0.487. The minimum atomic E-state index is -1.36. The molecule has 1 aromatic rings.